The van der Waals surface area contributed by atoms with E-state index in [2.05, 4.69) is 16.9 Å². The fourth-order valence-electron chi connectivity index (χ4n) is 3.08. The molecule has 28 heavy (non-hydrogen) atoms. The zero-order valence-corrected chi connectivity index (χ0v) is 15.1. The third-order valence-corrected chi connectivity index (χ3v) is 4.56. The minimum absolute atomic E-state index is 0.0585. The van der Waals surface area contributed by atoms with Gasteiger partial charge >= 0.3 is 6.18 Å². The highest BCUT2D eigenvalue weighted by Gasteiger charge is 2.35. The van der Waals surface area contributed by atoms with Gasteiger partial charge in [-0.3, -0.25) is 4.79 Å². The van der Waals surface area contributed by atoms with Crippen LogP contribution in [0.5, 0.6) is 5.75 Å². The molecule has 4 nitrogen and oxygen atoms in total. The van der Waals surface area contributed by atoms with E-state index in [1.54, 1.807) is 12.1 Å². The summed E-state index contributed by atoms with van der Waals surface area (Å²) < 4.78 is 57.6. The summed E-state index contributed by atoms with van der Waals surface area (Å²) in [4.78, 5) is 15.9. The maximum atomic E-state index is 13.8. The van der Waals surface area contributed by atoms with Gasteiger partial charge in [-0.25, -0.2) is 9.37 Å². The van der Waals surface area contributed by atoms with Crippen molar-refractivity contribution in [1.82, 2.24) is 10.3 Å². The van der Waals surface area contributed by atoms with Crippen LogP contribution in [0.1, 0.15) is 41.8 Å². The first-order valence-electron chi connectivity index (χ1n) is 8.31. The summed E-state index contributed by atoms with van der Waals surface area (Å²) >= 11 is 5.97. The Balaban J connectivity index is 1.88. The van der Waals surface area contributed by atoms with Crippen LogP contribution in [0.15, 0.2) is 43.0 Å². The monoisotopic (exact) mass is 414 g/mol. The summed E-state index contributed by atoms with van der Waals surface area (Å²) in [6.07, 6.45) is -3.40. The molecule has 1 aromatic carbocycles. The summed E-state index contributed by atoms with van der Waals surface area (Å²) in [5, 5.41) is 2.98. The van der Waals surface area contributed by atoms with E-state index in [0.717, 1.165) is 12.1 Å². The Morgan fingerprint density at radius 2 is 2.04 bits per heavy atom. The van der Waals surface area contributed by atoms with Crippen LogP contribution in [0.2, 0.25) is 5.15 Å². The molecule has 0 saturated carbocycles. The van der Waals surface area contributed by atoms with Gasteiger partial charge in [-0.15, -0.1) is 0 Å². The Hall–Kier alpha value is -2.61. The Bertz CT molecular complexity index is 917. The van der Waals surface area contributed by atoms with Gasteiger partial charge in [-0.2, -0.15) is 13.2 Å². The highest BCUT2D eigenvalue weighted by atomic mass is 35.5. The second-order valence-corrected chi connectivity index (χ2v) is 6.58. The third kappa shape index (κ3) is 4.27. The third-order valence-electron chi connectivity index (χ3n) is 4.35. The van der Waals surface area contributed by atoms with E-state index in [1.165, 1.54) is 0 Å². The lowest BCUT2D eigenvalue weighted by atomic mass is 9.89. The first-order valence-corrected chi connectivity index (χ1v) is 8.69. The van der Waals surface area contributed by atoms with Crippen molar-refractivity contribution in [3.63, 3.8) is 0 Å². The van der Waals surface area contributed by atoms with Crippen LogP contribution in [0.4, 0.5) is 17.6 Å². The van der Waals surface area contributed by atoms with Gasteiger partial charge in [0.1, 0.15) is 22.8 Å². The first kappa shape index (κ1) is 20.1. The van der Waals surface area contributed by atoms with Crippen molar-refractivity contribution in [2.45, 2.75) is 31.2 Å². The van der Waals surface area contributed by atoms with E-state index in [1.807, 2.05) is 0 Å². The van der Waals surface area contributed by atoms with E-state index >= 15 is 0 Å². The van der Waals surface area contributed by atoms with Crippen LogP contribution in [-0.2, 0) is 11.0 Å². The number of amides is 1. The van der Waals surface area contributed by atoms with Crippen molar-refractivity contribution in [3.05, 3.63) is 70.8 Å². The predicted octanol–water partition coefficient (Wildman–Crippen LogP) is 5.15. The number of nitrogens with one attached hydrogen (secondary N) is 1. The number of benzene rings is 1. The molecule has 0 bridgehead atoms. The Morgan fingerprint density at radius 3 is 2.68 bits per heavy atom. The number of hydrogen-bond donors (Lipinski definition) is 1. The summed E-state index contributed by atoms with van der Waals surface area (Å²) in [7, 11) is 0. The number of rotatable bonds is 4. The average molecular weight is 415 g/mol. The number of halogens is 5. The second-order valence-electron chi connectivity index (χ2n) is 6.20. The van der Waals surface area contributed by atoms with Gasteiger partial charge in [-0.1, -0.05) is 24.2 Å². The number of alkyl halides is 3. The molecular formula is C19H15ClF4N2O2. The van der Waals surface area contributed by atoms with Crippen LogP contribution < -0.4 is 10.1 Å². The summed E-state index contributed by atoms with van der Waals surface area (Å²) in [5.74, 6) is -1.83. The molecule has 0 radical (unpaired) electrons. The molecule has 3 rings (SSSR count). The highest BCUT2D eigenvalue weighted by molar-refractivity contribution is 6.29. The lowest BCUT2D eigenvalue weighted by molar-refractivity contribution is -0.140. The molecule has 148 valence electrons. The number of pyridine rings is 1. The number of carbonyl (C=O) groups excluding carboxylic acids is 1. The van der Waals surface area contributed by atoms with Crippen LogP contribution in [0.25, 0.3) is 0 Å². The van der Waals surface area contributed by atoms with Crippen LogP contribution in [-0.4, -0.2) is 10.9 Å². The van der Waals surface area contributed by atoms with Gasteiger partial charge in [0, 0.05) is 6.07 Å². The molecule has 9 heteroatoms. The topological polar surface area (TPSA) is 51.2 Å². The number of ether oxygens (including phenoxy) is 1. The smallest absolute Gasteiger partial charge is 0.419 e. The summed E-state index contributed by atoms with van der Waals surface area (Å²) in [5.41, 5.74) is -0.256. The molecule has 0 unspecified atom stereocenters. The minimum atomic E-state index is -4.79. The van der Waals surface area contributed by atoms with Gasteiger partial charge in [0.2, 0.25) is 5.91 Å². The van der Waals surface area contributed by atoms with Crippen LogP contribution in [0.3, 0.4) is 0 Å². The fourth-order valence-corrected chi connectivity index (χ4v) is 3.24. The minimum Gasteiger partial charge on any atom is -0.484 e. The second kappa shape index (κ2) is 7.79. The Kier molecular flexibility index (Phi) is 5.60. The molecule has 1 aliphatic rings. The molecule has 0 fully saturated rings. The van der Waals surface area contributed by atoms with Gasteiger partial charge in [0.25, 0.3) is 0 Å². The maximum absolute atomic E-state index is 13.8. The molecule has 1 N–H and O–H groups in total. The lowest BCUT2D eigenvalue weighted by Gasteiger charge is -2.31. The number of fused-ring (bicyclic) bond motifs is 1. The van der Waals surface area contributed by atoms with E-state index in [-0.39, 0.29) is 22.9 Å². The Labute approximate surface area is 163 Å². The number of aromatic nitrogens is 1. The molecule has 0 aliphatic heterocycles. The van der Waals surface area contributed by atoms with Crippen LogP contribution in [0, 0.1) is 5.82 Å². The molecule has 1 aromatic heterocycles. The quantitative estimate of drug-likeness (QED) is 0.427. The lowest BCUT2D eigenvalue weighted by Crippen LogP contribution is -2.32. The largest absolute Gasteiger partial charge is 0.484 e. The molecule has 0 spiro atoms. The van der Waals surface area contributed by atoms with Crippen molar-refractivity contribution in [1.29, 1.82) is 0 Å². The normalized spacial score (nSPS) is 18.9. The molecule has 2 aromatic rings. The maximum Gasteiger partial charge on any atom is 0.419 e. The van der Waals surface area contributed by atoms with Crippen molar-refractivity contribution in [3.8, 4) is 5.75 Å². The summed E-state index contributed by atoms with van der Waals surface area (Å²) in [6.45, 7) is 3.41. The van der Waals surface area contributed by atoms with Crippen LogP contribution >= 0.6 is 11.6 Å². The number of hydrogen-bond acceptors (Lipinski definition) is 3. The van der Waals surface area contributed by atoms with Gasteiger partial charge in [-0.05, 0) is 42.7 Å². The first-order chi connectivity index (χ1) is 13.2. The standard InChI is InChI=1S/C19H15ClF4N2O2/c1-2-17(27)25-14-6-7-15(18-11(14)4-8-16(20)26-18)28-10-3-5-12(13(21)9-10)19(22,23)24/h2-5,8-9,14-15H,1,6-7H2,(H,25,27)/t14-,15+/m0/s1. The summed E-state index contributed by atoms with van der Waals surface area (Å²) in [6, 6.07) is 5.30. The van der Waals surface area contributed by atoms with Crippen molar-refractivity contribution in [2.24, 2.45) is 0 Å². The zero-order chi connectivity index (χ0) is 20.5. The number of carbonyl (C=O) groups is 1. The average Bonchev–Trinajstić information content (AvgIpc) is 2.62. The molecule has 1 aliphatic carbocycles. The SMILES string of the molecule is C=CC(=O)N[C@H]1CC[C@@H](Oc2ccc(C(F)(F)F)c(F)c2)c2nc(Cl)ccc21. The Morgan fingerprint density at radius 1 is 1.29 bits per heavy atom. The van der Waals surface area contributed by atoms with E-state index in [9.17, 15) is 22.4 Å². The molecule has 1 amide bonds. The fraction of sp³-hybridized carbons (Fsp3) is 0.263. The zero-order valence-electron chi connectivity index (χ0n) is 14.4. The van der Waals surface area contributed by atoms with Crippen molar-refractivity contribution >= 4 is 17.5 Å². The highest BCUT2D eigenvalue weighted by Crippen LogP contribution is 2.39. The number of nitrogens with zero attached hydrogens (tertiary/aromatic N) is 1. The van der Waals surface area contributed by atoms with Crippen molar-refractivity contribution < 1.29 is 27.1 Å². The van der Waals surface area contributed by atoms with Gasteiger partial charge in [0.05, 0.1) is 17.3 Å². The molecule has 1 heterocycles. The van der Waals surface area contributed by atoms with E-state index in [4.69, 9.17) is 16.3 Å². The molecule has 2 atom stereocenters. The van der Waals surface area contributed by atoms with Gasteiger partial charge < -0.3 is 10.1 Å². The van der Waals surface area contributed by atoms with Crippen molar-refractivity contribution in [2.75, 3.05) is 0 Å². The predicted molar refractivity (Wildman–Crippen MR) is 94.3 cm³/mol. The van der Waals surface area contributed by atoms with E-state index in [0.29, 0.717) is 36.2 Å². The van der Waals surface area contributed by atoms with Gasteiger partial charge in [0.15, 0.2) is 0 Å². The molecular weight excluding hydrogens is 400 g/mol. The van der Waals surface area contributed by atoms with E-state index < -0.39 is 23.7 Å². The molecule has 0 saturated heterocycles.